The van der Waals surface area contributed by atoms with Crippen LogP contribution in [-0.4, -0.2) is 0 Å². The van der Waals surface area contributed by atoms with Gasteiger partial charge in [0.25, 0.3) is 0 Å². The Kier molecular flexibility index (Phi) is 11400. The Labute approximate surface area is 1970 Å². The van der Waals surface area contributed by atoms with Crippen molar-refractivity contribution in [1.82, 2.24) is 0 Å². The summed E-state index contributed by atoms with van der Waals surface area (Å²) >= 11 is 0. The van der Waals surface area contributed by atoms with Crippen LogP contribution < -0.4 is 0 Å². The van der Waals surface area contributed by atoms with Crippen molar-refractivity contribution in [3.63, 3.8) is 0 Å². The molecule has 672 valence electrons. The Morgan fingerprint density at radius 1 is 0.0196 bits per heavy atom. The molecule has 0 atom stereocenters. The van der Waals surface area contributed by atoms with Crippen molar-refractivity contribution in [2.75, 3.05) is 0 Å². The van der Waals surface area contributed by atoms with Gasteiger partial charge in [-0.05, 0) is 0 Å². The van der Waals surface area contributed by atoms with Crippen LogP contribution in [0.1, 0.15) is 0 Å². The van der Waals surface area contributed by atoms with Crippen molar-refractivity contribution >= 4 is 0 Å². The summed E-state index contributed by atoms with van der Waals surface area (Å²) in [6.07, 6.45) is 0. The van der Waals surface area contributed by atoms with E-state index in [1.165, 1.54) is 0 Å². The molecular formula is Fe30Mo72. The van der Waals surface area contributed by atoms with Gasteiger partial charge in [0.1, 0.15) is 0 Å². The van der Waals surface area contributed by atoms with Crippen molar-refractivity contribution in [1.29, 1.82) is 0 Å². The smallest absolute Gasteiger partial charge is 0 e. The maximum Gasteiger partial charge on any atom is 0 e. The van der Waals surface area contributed by atoms with Crippen LogP contribution in [0.4, 0.5) is 0 Å². The van der Waals surface area contributed by atoms with Crippen LogP contribution in [0.25, 0.3) is 0 Å². The molecule has 0 aliphatic carbocycles. The van der Waals surface area contributed by atoms with Gasteiger partial charge in [-0.3, -0.25) is 0 Å². The summed E-state index contributed by atoms with van der Waals surface area (Å²) in [5.41, 5.74) is 0. The SMILES string of the molecule is [Fe].[Fe].[Fe].[Fe].[Fe].[Fe].[Fe].[Fe].[Fe].[Fe].[Fe].[Fe].[Fe].[Fe].[Fe].[Fe].[Fe].[Fe].[Fe].[Fe].[Fe].[Fe].[Fe].[Fe].[Fe].[Fe].[Fe].[Fe].[Fe].[Fe].[Mo].[Mo].[Mo].[Mo].[Mo].[Mo].[Mo].[Mo].[Mo].[Mo].[Mo].[Mo].[Mo].[Mo].[Mo].[Mo].[Mo].[Mo].[Mo].[Mo].[Mo].[Mo].[Mo].[Mo].[Mo].[Mo].[Mo].[Mo].[Mo].[Mo].[Mo].[Mo].[Mo].[Mo].[Mo].[Mo].[Mo].[Mo].[Mo].[Mo].[Mo].[Mo].[Mo].[Mo].[Mo].[Mo].[Mo].[Mo].[Mo].[Mo].[Mo].[Mo].[Mo].[Mo].[Mo].[Mo].[Mo].[Mo].[Mo].[Mo].[Mo].[Mo].[Mo].[Mo].[Mo].[Mo].[Mo].[Mo].[Mo].[Mo].[Mo].[Mo]. The zero-order chi connectivity index (χ0) is 0. The first kappa shape index (κ1) is 1090. The van der Waals surface area contributed by atoms with Crippen molar-refractivity contribution in [3.05, 3.63) is 0 Å². The normalized spacial score (nSPS) is 0. The van der Waals surface area contributed by atoms with Gasteiger partial charge in [-0.25, -0.2) is 0 Å². The second-order valence-corrected chi connectivity index (χ2v) is 0. The second kappa shape index (κ2) is 1070. The molecule has 0 amide bonds. The van der Waals surface area contributed by atoms with E-state index in [-0.39, 0.29) is 2030 Å². The summed E-state index contributed by atoms with van der Waals surface area (Å²) in [6.45, 7) is 0. The third-order valence-electron chi connectivity index (χ3n) is 0. The molecule has 102 heteroatoms. The van der Waals surface area contributed by atoms with E-state index < -0.39 is 0 Å². The molecule has 0 unspecified atom stereocenters. The fraction of sp³-hybridized carbons (Fsp3) is 0. The summed E-state index contributed by atoms with van der Waals surface area (Å²) in [6, 6.07) is 0. The minimum absolute atomic E-state index is 0. The molecule has 0 spiro atoms. The third kappa shape index (κ3) is 1050. The zero-order valence-corrected chi connectivity index (χ0v) is 218. The zero-order valence-electron chi connectivity index (χ0n) is 40.0. The van der Waals surface area contributed by atoms with Gasteiger partial charge in [0.15, 0.2) is 0 Å². The molecule has 0 rings (SSSR count). The summed E-state index contributed by atoms with van der Waals surface area (Å²) in [5.74, 6) is 0. The van der Waals surface area contributed by atoms with Crippen molar-refractivity contribution in [3.8, 4) is 0 Å². The molecule has 0 N–H and O–H groups in total. The molecule has 0 aliphatic heterocycles. The van der Waals surface area contributed by atoms with Gasteiger partial charge < -0.3 is 0 Å². The predicted molar refractivity (Wildman–Crippen MR) is 0 cm³/mol. The fourth-order valence-electron chi connectivity index (χ4n) is 0. The van der Waals surface area contributed by atoms with Gasteiger partial charge in [0.05, 0.1) is 0 Å². The molecule has 0 aromatic rings. The van der Waals surface area contributed by atoms with E-state index in [0.717, 1.165) is 0 Å². The van der Waals surface area contributed by atoms with Gasteiger partial charge in [-0.1, -0.05) is 0 Å². The van der Waals surface area contributed by atoms with Crippen LogP contribution in [0.15, 0.2) is 0 Å². The van der Waals surface area contributed by atoms with Crippen LogP contribution in [0.2, 0.25) is 0 Å². The molecule has 0 radical (unpaired) electrons. The Morgan fingerprint density at radius 3 is 0.0196 bits per heavy atom. The predicted octanol–water partition coefficient (Wildman–Crippen LogP) is -0.255. The summed E-state index contributed by atoms with van der Waals surface area (Å²) in [7, 11) is 0. The molecule has 0 bridgehead atoms. The van der Waals surface area contributed by atoms with Crippen LogP contribution in [0.3, 0.4) is 0 Å². The van der Waals surface area contributed by atoms with Crippen molar-refractivity contribution in [2.45, 2.75) is 0 Å². The topological polar surface area (TPSA) is 0 Å². The van der Waals surface area contributed by atoms with E-state index in [1.54, 1.807) is 0 Å². The van der Waals surface area contributed by atoms with E-state index >= 15 is 0 Å². The molecule has 0 saturated carbocycles. The van der Waals surface area contributed by atoms with Crippen LogP contribution in [-0.2, 0) is 2030 Å². The Morgan fingerprint density at radius 2 is 0.0196 bits per heavy atom. The minimum Gasteiger partial charge on any atom is 0 e. The monoisotopic (exact) mass is 8730 g/mol. The van der Waals surface area contributed by atoms with Gasteiger partial charge in [-0.15, -0.1) is 0 Å². The minimum atomic E-state index is 0. The quantitative estimate of drug-likeness (QED) is 0.294. The van der Waals surface area contributed by atoms with Gasteiger partial charge >= 0.3 is 0 Å². The van der Waals surface area contributed by atoms with E-state index in [0.29, 0.717) is 0 Å². The Balaban J connectivity index is 0. The summed E-state index contributed by atoms with van der Waals surface area (Å²) in [4.78, 5) is 0. The summed E-state index contributed by atoms with van der Waals surface area (Å²) < 4.78 is 0. The van der Waals surface area contributed by atoms with Crippen LogP contribution in [0, 0.1) is 0 Å². The first-order chi connectivity index (χ1) is 0. The van der Waals surface area contributed by atoms with Crippen LogP contribution in [0.5, 0.6) is 0 Å². The number of hydrogen-bond acceptors (Lipinski definition) is 0. The average Bonchev–Trinajstić information content (AvgIpc) is 0. The number of hydrogen-bond donors (Lipinski definition) is 0. The molecule has 102 heavy (non-hydrogen) atoms. The average molecular weight is 8580 g/mol. The Hall–Kier alpha value is 65.1. The molecule has 0 fully saturated rings. The molecule has 0 nitrogen and oxygen atoms in total. The van der Waals surface area contributed by atoms with Gasteiger partial charge in [0, 0.05) is 2030 Å². The third-order valence-corrected chi connectivity index (χ3v) is 0. The molecule has 0 aliphatic rings. The molecule has 0 saturated heterocycles. The molecule has 0 heterocycles. The van der Waals surface area contributed by atoms with E-state index in [1.807, 2.05) is 0 Å². The van der Waals surface area contributed by atoms with Crippen molar-refractivity contribution in [2.24, 2.45) is 0 Å². The first-order valence-electron chi connectivity index (χ1n) is 0. The van der Waals surface area contributed by atoms with Gasteiger partial charge in [-0.2, -0.15) is 0 Å². The maximum atomic E-state index is 0. The van der Waals surface area contributed by atoms with Crippen molar-refractivity contribution < 1.29 is 2030 Å². The number of rotatable bonds is 0. The largest absolute Gasteiger partial charge is 0 e. The van der Waals surface area contributed by atoms with E-state index in [2.05, 4.69) is 0 Å². The molecule has 0 aromatic heterocycles. The first-order valence-corrected chi connectivity index (χ1v) is 0. The maximum absolute atomic E-state index is 0. The van der Waals surface area contributed by atoms with Crippen LogP contribution >= 0.6 is 0 Å². The Bertz CT molecular complexity index is 89.1. The summed E-state index contributed by atoms with van der Waals surface area (Å²) in [5, 5.41) is 0. The van der Waals surface area contributed by atoms with Gasteiger partial charge in [0.2, 0.25) is 0 Å². The molecular weight excluding hydrogens is 8580 g/mol. The molecule has 0 aromatic carbocycles. The van der Waals surface area contributed by atoms with E-state index in [9.17, 15) is 0 Å². The standard InChI is InChI=1S/30Fe.72Mo. The second-order valence-electron chi connectivity index (χ2n) is 0. The fourth-order valence-corrected chi connectivity index (χ4v) is 0. The van der Waals surface area contributed by atoms with E-state index in [4.69, 9.17) is 0 Å².